The molecular formula is C32H32F3N5OS. The lowest BCUT2D eigenvalue weighted by Gasteiger charge is -2.28. The van der Waals surface area contributed by atoms with Gasteiger partial charge in [0, 0.05) is 41.9 Å². The van der Waals surface area contributed by atoms with Crippen LogP contribution in [-0.2, 0) is 11.0 Å². The van der Waals surface area contributed by atoms with Gasteiger partial charge in [0.1, 0.15) is 0 Å². The molecule has 1 aliphatic rings. The number of rotatable bonds is 7. The van der Waals surface area contributed by atoms with Crippen molar-refractivity contribution in [3.63, 3.8) is 0 Å². The van der Waals surface area contributed by atoms with Gasteiger partial charge >= 0.3 is 6.18 Å². The van der Waals surface area contributed by atoms with E-state index in [2.05, 4.69) is 15.6 Å². The van der Waals surface area contributed by atoms with Crippen LogP contribution in [0.15, 0.2) is 72.9 Å². The Morgan fingerprint density at radius 2 is 1.81 bits per heavy atom. The number of carbonyl (C=O) groups is 1. The summed E-state index contributed by atoms with van der Waals surface area (Å²) >= 11 is 5.77. The molecule has 2 N–H and O–H groups in total. The molecule has 1 amide bonds. The molecule has 0 aliphatic carbocycles. The van der Waals surface area contributed by atoms with E-state index in [1.54, 1.807) is 12.3 Å². The maximum Gasteiger partial charge on any atom is 0.416 e. The number of thiocarbonyl (C=S) groups is 1. The van der Waals surface area contributed by atoms with Crippen LogP contribution in [0.4, 0.5) is 18.9 Å². The van der Waals surface area contributed by atoms with Crippen LogP contribution in [0.3, 0.4) is 0 Å². The number of carbonyl (C=O) groups excluding carboxylic acids is 1. The number of amides is 1. The van der Waals surface area contributed by atoms with E-state index < -0.39 is 11.7 Å². The molecule has 2 aromatic heterocycles. The standard InChI is InChI=1S/C32H32F3N5OS/c1-19-11-12-20(2)27(16-19)37-28(41)13-15-39-30(29(38-31(39)42)26-10-5-6-14-36-26)25-17-21(3)40(22(25)4)24-9-7-8-23(18-24)32(33,34)35/h5-12,14,16-18,29-30H,13,15H2,1-4H3,(H,37,41)(H,38,42)/t29-,30-/m1/s1. The molecule has 2 aromatic carbocycles. The number of pyridine rings is 1. The summed E-state index contributed by atoms with van der Waals surface area (Å²) in [6.07, 6.45) is -2.55. The van der Waals surface area contributed by atoms with Gasteiger partial charge in [0.25, 0.3) is 0 Å². The minimum absolute atomic E-state index is 0.138. The van der Waals surface area contributed by atoms with Crippen LogP contribution in [0, 0.1) is 27.7 Å². The molecule has 0 spiro atoms. The molecule has 218 valence electrons. The van der Waals surface area contributed by atoms with Crippen LogP contribution in [-0.4, -0.2) is 32.0 Å². The molecule has 1 aliphatic heterocycles. The summed E-state index contributed by atoms with van der Waals surface area (Å²) in [5.74, 6) is -0.138. The molecule has 42 heavy (non-hydrogen) atoms. The van der Waals surface area contributed by atoms with Gasteiger partial charge in [-0.1, -0.05) is 24.3 Å². The summed E-state index contributed by atoms with van der Waals surface area (Å²) in [6, 6.07) is 18.2. The Morgan fingerprint density at radius 3 is 2.52 bits per heavy atom. The number of halogens is 3. The normalized spacial score (nSPS) is 16.9. The largest absolute Gasteiger partial charge is 0.416 e. The number of nitrogens with one attached hydrogen (secondary N) is 2. The highest BCUT2D eigenvalue weighted by Crippen LogP contribution is 2.42. The smallest absolute Gasteiger partial charge is 0.352 e. The first-order valence-electron chi connectivity index (χ1n) is 13.7. The molecule has 10 heteroatoms. The summed E-state index contributed by atoms with van der Waals surface area (Å²) < 4.78 is 42.4. The molecule has 5 rings (SSSR count). The third-order valence-corrected chi connectivity index (χ3v) is 8.02. The molecule has 0 unspecified atom stereocenters. The second kappa shape index (κ2) is 11.6. The molecular weight excluding hydrogens is 559 g/mol. The highest BCUT2D eigenvalue weighted by Gasteiger charge is 2.41. The van der Waals surface area contributed by atoms with Crippen molar-refractivity contribution in [1.82, 2.24) is 19.8 Å². The van der Waals surface area contributed by atoms with Crippen LogP contribution < -0.4 is 10.6 Å². The van der Waals surface area contributed by atoms with Crippen molar-refractivity contribution in [3.05, 3.63) is 112 Å². The van der Waals surface area contributed by atoms with Crippen LogP contribution >= 0.6 is 12.2 Å². The summed E-state index contributed by atoms with van der Waals surface area (Å²) in [5.41, 5.74) is 5.75. The number of hydrogen-bond acceptors (Lipinski definition) is 3. The van der Waals surface area contributed by atoms with Crippen LogP contribution in [0.1, 0.15) is 57.8 Å². The Hall–Kier alpha value is -4.18. The summed E-state index contributed by atoms with van der Waals surface area (Å²) in [5, 5.41) is 6.89. The second-order valence-corrected chi connectivity index (χ2v) is 11.0. The number of aromatic nitrogens is 2. The Bertz CT molecular complexity index is 1630. The van der Waals surface area contributed by atoms with Gasteiger partial charge in [-0.25, -0.2) is 0 Å². The van der Waals surface area contributed by atoms with E-state index in [-0.39, 0.29) is 24.4 Å². The van der Waals surface area contributed by atoms with Crippen molar-refractivity contribution < 1.29 is 18.0 Å². The van der Waals surface area contributed by atoms with Gasteiger partial charge < -0.3 is 20.1 Å². The van der Waals surface area contributed by atoms with Crippen molar-refractivity contribution in [1.29, 1.82) is 0 Å². The molecule has 0 saturated carbocycles. The van der Waals surface area contributed by atoms with E-state index in [4.69, 9.17) is 12.2 Å². The van der Waals surface area contributed by atoms with Gasteiger partial charge in [-0.05, 0) is 99.1 Å². The maximum atomic E-state index is 13.5. The first-order valence-corrected chi connectivity index (χ1v) is 14.1. The second-order valence-electron chi connectivity index (χ2n) is 10.6. The molecule has 6 nitrogen and oxygen atoms in total. The number of anilines is 1. The summed E-state index contributed by atoms with van der Waals surface area (Å²) in [4.78, 5) is 19.6. The number of nitrogens with zero attached hydrogens (tertiary/aromatic N) is 3. The number of benzene rings is 2. The zero-order valence-electron chi connectivity index (χ0n) is 23.8. The van der Waals surface area contributed by atoms with Crippen molar-refractivity contribution in [2.75, 3.05) is 11.9 Å². The molecule has 1 saturated heterocycles. The summed E-state index contributed by atoms with van der Waals surface area (Å²) in [7, 11) is 0. The first-order chi connectivity index (χ1) is 19.9. The molecule has 0 bridgehead atoms. The third kappa shape index (κ3) is 5.90. The Labute approximate surface area is 248 Å². The van der Waals surface area contributed by atoms with E-state index in [1.807, 2.05) is 79.6 Å². The first kappa shape index (κ1) is 29.3. The zero-order valence-corrected chi connectivity index (χ0v) is 24.6. The quantitative estimate of drug-likeness (QED) is 0.224. The molecule has 4 aromatic rings. The third-order valence-electron chi connectivity index (χ3n) is 7.67. The summed E-state index contributed by atoms with van der Waals surface area (Å²) in [6.45, 7) is 8.02. The van der Waals surface area contributed by atoms with Gasteiger partial charge in [-0.15, -0.1) is 0 Å². The Kier molecular flexibility index (Phi) is 8.10. The maximum absolute atomic E-state index is 13.5. The monoisotopic (exact) mass is 591 g/mol. The fraction of sp³-hybridized carbons (Fsp3) is 0.281. The zero-order chi connectivity index (χ0) is 30.2. The van der Waals surface area contributed by atoms with Gasteiger partial charge in [-0.2, -0.15) is 13.2 Å². The molecule has 2 atom stereocenters. The topological polar surface area (TPSA) is 62.2 Å². The van der Waals surface area contributed by atoms with Crippen LogP contribution in [0.2, 0.25) is 0 Å². The van der Waals surface area contributed by atoms with Crippen molar-refractivity contribution >= 4 is 28.9 Å². The number of alkyl halides is 3. The lowest BCUT2D eigenvalue weighted by Crippen LogP contribution is -2.33. The van der Waals surface area contributed by atoms with Crippen molar-refractivity contribution in [3.8, 4) is 5.69 Å². The van der Waals surface area contributed by atoms with Crippen LogP contribution in [0.25, 0.3) is 5.69 Å². The fourth-order valence-electron chi connectivity index (χ4n) is 5.60. The highest BCUT2D eigenvalue weighted by atomic mass is 32.1. The van der Waals surface area contributed by atoms with E-state index in [0.717, 1.165) is 51.6 Å². The molecule has 0 radical (unpaired) electrons. The predicted octanol–water partition coefficient (Wildman–Crippen LogP) is 7.13. The Morgan fingerprint density at radius 1 is 1.02 bits per heavy atom. The van der Waals surface area contributed by atoms with Crippen molar-refractivity contribution in [2.24, 2.45) is 0 Å². The van der Waals surface area contributed by atoms with Gasteiger partial charge in [0.05, 0.1) is 23.3 Å². The minimum Gasteiger partial charge on any atom is -0.352 e. The lowest BCUT2D eigenvalue weighted by molar-refractivity contribution is -0.137. The Balaban J connectivity index is 1.49. The lowest BCUT2D eigenvalue weighted by atomic mass is 9.96. The van der Waals surface area contributed by atoms with E-state index >= 15 is 0 Å². The van der Waals surface area contributed by atoms with E-state index in [0.29, 0.717) is 17.3 Å². The fourth-order valence-corrected chi connectivity index (χ4v) is 5.93. The minimum atomic E-state index is -4.45. The number of aryl methyl sites for hydroxylation is 3. The van der Waals surface area contributed by atoms with Crippen LogP contribution in [0.5, 0.6) is 0 Å². The van der Waals surface area contributed by atoms with Gasteiger partial charge in [0.2, 0.25) is 5.91 Å². The van der Waals surface area contributed by atoms with E-state index in [9.17, 15) is 18.0 Å². The van der Waals surface area contributed by atoms with Crippen molar-refractivity contribution in [2.45, 2.75) is 52.4 Å². The average Bonchev–Trinajstić information content (AvgIpc) is 3.43. The van der Waals surface area contributed by atoms with Gasteiger partial charge in [0.15, 0.2) is 5.11 Å². The highest BCUT2D eigenvalue weighted by molar-refractivity contribution is 7.80. The predicted molar refractivity (Wildman–Crippen MR) is 162 cm³/mol. The molecule has 3 heterocycles. The average molecular weight is 592 g/mol. The van der Waals surface area contributed by atoms with E-state index in [1.165, 1.54) is 6.07 Å². The SMILES string of the molecule is Cc1ccc(C)c(NC(=O)CCN2C(=S)N[C@H](c3ccccn3)[C@H]2c2cc(C)n(-c3cccc(C(F)(F)F)c3)c2C)c1. The molecule has 1 fully saturated rings. The van der Waals surface area contributed by atoms with Gasteiger partial charge in [-0.3, -0.25) is 9.78 Å². The number of hydrogen-bond donors (Lipinski definition) is 2.